The lowest BCUT2D eigenvalue weighted by Crippen LogP contribution is -2.53. The van der Waals surface area contributed by atoms with E-state index in [9.17, 15) is 17.6 Å². The fourth-order valence-electron chi connectivity index (χ4n) is 4.72. The first kappa shape index (κ1) is 24.9. The van der Waals surface area contributed by atoms with Crippen molar-refractivity contribution in [2.24, 2.45) is 0 Å². The van der Waals surface area contributed by atoms with Gasteiger partial charge in [0, 0.05) is 30.7 Å². The van der Waals surface area contributed by atoms with Crippen LogP contribution in [0.5, 0.6) is 0 Å². The van der Waals surface area contributed by atoms with E-state index in [-0.39, 0.29) is 17.5 Å². The predicted octanol–water partition coefficient (Wildman–Crippen LogP) is 4.19. The summed E-state index contributed by atoms with van der Waals surface area (Å²) in [6.07, 6.45) is 1.31. The van der Waals surface area contributed by atoms with Crippen molar-refractivity contribution >= 4 is 27.7 Å². The molecular weight excluding hydrogens is 481 g/mol. The van der Waals surface area contributed by atoms with E-state index in [1.54, 1.807) is 29.2 Å². The van der Waals surface area contributed by atoms with Gasteiger partial charge in [-0.1, -0.05) is 29.8 Å². The Bertz CT molecular complexity index is 1130. The Morgan fingerprint density at radius 2 is 2.00 bits per heavy atom. The Hall–Kier alpha value is -2.20. The largest absolute Gasteiger partial charge is 0.448 e. The molecule has 7 nitrogen and oxygen atoms in total. The molecule has 3 atom stereocenters. The Morgan fingerprint density at radius 1 is 1.21 bits per heavy atom. The molecule has 0 aliphatic carbocycles. The number of ether oxygens (including phenoxy) is 1. The topological polar surface area (TPSA) is 79.0 Å². The zero-order valence-electron chi connectivity index (χ0n) is 19.0. The molecule has 2 fully saturated rings. The number of amides is 1. The molecule has 0 spiro atoms. The van der Waals surface area contributed by atoms with Gasteiger partial charge in [0.25, 0.3) is 0 Å². The standard InChI is InChI=1S/C24H29ClFN3O4S/c1-17-15-27-11-12-28(17)24(30)33-16-21-8-4-10-23(18-5-2-7-20(26)13-18)29(21)34(31,32)22-9-3-6-19(25)14-22/h2-3,5-7,9,13-14,17,21,23,27H,4,8,10-12,15-16H2,1H3/t17?,21?,23-/m0/s1. The van der Waals surface area contributed by atoms with E-state index < -0.39 is 34.0 Å². The average Bonchev–Trinajstić information content (AvgIpc) is 2.82. The molecule has 2 aromatic carbocycles. The van der Waals surface area contributed by atoms with Crippen molar-refractivity contribution in [1.82, 2.24) is 14.5 Å². The van der Waals surface area contributed by atoms with Gasteiger partial charge in [-0.15, -0.1) is 0 Å². The second-order valence-corrected chi connectivity index (χ2v) is 11.1. The lowest BCUT2D eigenvalue weighted by molar-refractivity contribution is 0.0500. The molecule has 2 aromatic rings. The van der Waals surface area contributed by atoms with Crippen LogP contribution in [0.4, 0.5) is 9.18 Å². The number of hydrogen-bond acceptors (Lipinski definition) is 5. The molecule has 0 aromatic heterocycles. The molecule has 2 saturated heterocycles. The van der Waals surface area contributed by atoms with Crippen molar-refractivity contribution < 1.29 is 22.3 Å². The van der Waals surface area contributed by atoms with E-state index in [2.05, 4.69) is 5.32 Å². The van der Waals surface area contributed by atoms with Crippen molar-refractivity contribution in [2.45, 2.75) is 49.2 Å². The smallest absolute Gasteiger partial charge is 0.410 e. The second kappa shape index (κ2) is 10.6. The lowest BCUT2D eigenvalue weighted by atomic mass is 9.93. The molecule has 184 valence electrons. The monoisotopic (exact) mass is 509 g/mol. The molecule has 0 radical (unpaired) electrons. The maximum Gasteiger partial charge on any atom is 0.410 e. The number of halogens is 2. The Morgan fingerprint density at radius 3 is 2.74 bits per heavy atom. The van der Waals surface area contributed by atoms with E-state index in [0.717, 1.165) is 6.42 Å². The summed E-state index contributed by atoms with van der Waals surface area (Å²) in [5, 5.41) is 3.53. The van der Waals surface area contributed by atoms with Gasteiger partial charge in [-0.3, -0.25) is 0 Å². The average molecular weight is 510 g/mol. The van der Waals surface area contributed by atoms with E-state index in [1.807, 2.05) is 6.92 Å². The maximum atomic E-state index is 14.0. The van der Waals surface area contributed by atoms with E-state index in [1.165, 1.54) is 28.6 Å². The number of nitrogens with one attached hydrogen (secondary N) is 1. The first-order valence-corrected chi connectivity index (χ1v) is 13.3. The molecule has 0 bridgehead atoms. The molecular formula is C24H29ClFN3O4S. The minimum Gasteiger partial charge on any atom is -0.448 e. The van der Waals surface area contributed by atoms with Crippen molar-refractivity contribution in [2.75, 3.05) is 26.2 Å². The maximum absolute atomic E-state index is 14.0. The number of piperidine rings is 1. The summed E-state index contributed by atoms with van der Waals surface area (Å²) in [6, 6.07) is 10.9. The summed E-state index contributed by atoms with van der Waals surface area (Å²) in [7, 11) is -4.02. The summed E-state index contributed by atoms with van der Waals surface area (Å²) in [4.78, 5) is 14.5. The Kier molecular flexibility index (Phi) is 7.77. The number of rotatable bonds is 5. The van der Waals surface area contributed by atoms with Crippen LogP contribution in [0.2, 0.25) is 5.02 Å². The molecule has 2 unspecified atom stereocenters. The number of carbonyl (C=O) groups is 1. The van der Waals surface area contributed by atoms with Gasteiger partial charge in [0.05, 0.1) is 17.0 Å². The van der Waals surface area contributed by atoms with Crippen molar-refractivity contribution in [3.05, 3.63) is 64.9 Å². The fourth-order valence-corrected chi connectivity index (χ4v) is 6.86. The van der Waals surface area contributed by atoms with Crippen molar-refractivity contribution in [1.29, 1.82) is 0 Å². The normalized spacial score (nSPS) is 24.1. The minimum absolute atomic E-state index is 0.0149. The number of nitrogens with zero attached hydrogens (tertiary/aromatic N) is 2. The Labute approximate surface area is 204 Å². The SMILES string of the molecule is CC1CNCCN1C(=O)OCC1CCC[C@@H](c2cccc(F)c2)N1S(=O)(=O)c1cccc(Cl)c1. The molecule has 4 rings (SSSR count). The quantitative estimate of drug-likeness (QED) is 0.653. The second-order valence-electron chi connectivity index (χ2n) is 8.77. The molecule has 1 N–H and O–H groups in total. The van der Waals surface area contributed by atoms with Crippen LogP contribution in [0.15, 0.2) is 53.4 Å². The number of sulfonamides is 1. The van der Waals surface area contributed by atoms with Crippen molar-refractivity contribution in [3.63, 3.8) is 0 Å². The molecule has 2 aliphatic rings. The number of hydrogen-bond donors (Lipinski definition) is 1. The van der Waals surface area contributed by atoms with Crippen LogP contribution < -0.4 is 5.32 Å². The van der Waals surface area contributed by atoms with Gasteiger partial charge < -0.3 is 15.0 Å². The number of carbonyl (C=O) groups excluding carboxylic acids is 1. The molecule has 1 amide bonds. The number of benzene rings is 2. The van der Waals surface area contributed by atoms with Crippen LogP contribution in [0.25, 0.3) is 0 Å². The minimum atomic E-state index is -4.02. The van der Waals surface area contributed by atoms with E-state index in [4.69, 9.17) is 16.3 Å². The first-order chi connectivity index (χ1) is 16.3. The molecule has 34 heavy (non-hydrogen) atoms. The zero-order chi connectivity index (χ0) is 24.3. The van der Waals surface area contributed by atoms with Crippen LogP contribution in [-0.4, -0.2) is 62.0 Å². The highest BCUT2D eigenvalue weighted by Gasteiger charge is 2.41. The summed E-state index contributed by atoms with van der Waals surface area (Å²) < 4.78 is 48.7. The van der Waals surface area contributed by atoms with Crippen molar-refractivity contribution in [3.8, 4) is 0 Å². The predicted molar refractivity (Wildman–Crippen MR) is 128 cm³/mol. The van der Waals surface area contributed by atoms with Crippen LogP contribution >= 0.6 is 11.6 Å². The molecule has 0 saturated carbocycles. The third-order valence-electron chi connectivity index (χ3n) is 6.42. The number of piperazine rings is 1. The van der Waals surface area contributed by atoms with Gasteiger partial charge in [0.15, 0.2) is 0 Å². The van der Waals surface area contributed by atoms with E-state index >= 15 is 0 Å². The van der Waals surface area contributed by atoms with Gasteiger partial charge in [-0.05, 0) is 62.1 Å². The van der Waals surface area contributed by atoms with Crippen LogP contribution in [-0.2, 0) is 14.8 Å². The summed E-state index contributed by atoms with van der Waals surface area (Å²) in [5.74, 6) is -0.432. The summed E-state index contributed by atoms with van der Waals surface area (Å²) in [6.45, 7) is 3.74. The first-order valence-electron chi connectivity index (χ1n) is 11.5. The van der Waals surface area contributed by atoms with Gasteiger partial charge in [-0.2, -0.15) is 4.31 Å². The third-order valence-corrected chi connectivity index (χ3v) is 8.61. The van der Waals surface area contributed by atoms with E-state index in [0.29, 0.717) is 43.1 Å². The van der Waals surface area contributed by atoms with Gasteiger partial charge >= 0.3 is 6.09 Å². The zero-order valence-corrected chi connectivity index (χ0v) is 20.6. The van der Waals surface area contributed by atoms with Gasteiger partial charge in [-0.25, -0.2) is 17.6 Å². The van der Waals surface area contributed by atoms with Gasteiger partial charge in [0.1, 0.15) is 12.4 Å². The fraction of sp³-hybridized carbons (Fsp3) is 0.458. The summed E-state index contributed by atoms with van der Waals surface area (Å²) in [5.41, 5.74) is 0.567. The Balaban J connectivity index is 1.64. The lowest BCUT2D eigenvalue weighted by Gasteiger charge is -2.41. The molecule has 2 heterocycles. The van der Waals surface area contributed by atoms with Crippen LogP contribution in [0, 0.1) is 5.82 Å². The third kappa shape index (κ3) is 5.38. The highest BCUT2D eigenvalue weighted by molar-refractivity contribution is 7.89. The van der Waals surface area contributed by atoms with Crippen LogP contribution in [0.3, 0.4) is 0 Å². The highest BCUT2D eigenvalue weighted by Crippen LogP contribution is 2.39. The molecule has 2 aliphatic heterocycles. The van der Waals surface area contributed by atoms with Gasteiger partial charge in [0.2, 0.25) is 10.0 Å². The molecule has 10 heteroatoms. The summed E-state index contributed by atoms with van der Waals surface area (Å²) >= 11 is 6.09. The highest BCUT2D eigenvalue weighted by atomic mass is 35.5. The van der Waals surface area contributed by atoms with Crippen LogP contribution in [0.1, 0.15) is 37.8 Å².